The average molecular weight is 401 g/mol. The summed E-state index contributed by atoms with van der Waals surface area (Å²) >= 11 is 12.6. The highest BCUT2D eigenvalue weighted by atomic mass is 35.5. The van der Waals surface area contributed by atoms with Crippen molar-refractivity contribution in [1.29, 1.82) is 0 Å². The molecule has 130 valence electrons. The van der Waals surface area contributed by atoms with E-state index in [1.165, 1.54) is 18.2 Å². The number of ether oxygens (including phenoxy) is 1. The Labute approximate surface area is 156 Å². The lowest BCUT2D eigenvalue weighted by Crippen LogP contribution is -2.12. The van der Waals surface area contributed by atoms with E-state index >= 15 is 0 Å². The largest absolute Gasteiger partial charge is 0.424 e. The van der Waals surface area contributed by atoms with Gasteiger partial charge in [0.1, 0.15) is 5.02 Å². The van der Waals surface area contributed by atoms with E-state index in [1.54, 1.807) is 12.1 Å². The highest BCUT2D eigenvalue weighted by Crippen LogP contribution is 2.33. The van der Waals surface area contributed by atoms with Gasteiger partial charge in [0.15, 0.2) is 5.75 Å². The summed E-state index contributed by atoms with van der Waals surface area (Å²) in [7, 11) is 0. The second-order valence-corrected chi connectivity index (χ2v) is 6.42. The van der Waals surface area contributed by atoms with Crippen LogP contribution in [0.15, 0.2) is 41.3 Å². The van der Waals surface area contributed by atoms with Crippen LogP contribution in [0.2, 0.25) is 10.0 Å². The third-order valence-corrected chi connectivity index (χ3v) is 4.76. The molecule has 0 spiro atoms. The molecule has 0 aromatic heterocycles. The van der Waals surface area contributed by atoms with Crippen LogP contribution < -0.4 is 10.5 Å². The number of carbonyl (C=O) groups excluding carboxylic acids is 2. The molecule has 0 aliphatic heterocycles. The second-order valence-electron chi connectivity index (χ2n) is 4.62. The fourth-order valence-corrected chi connectivity index (χ4v) is 2.90. The first-order chi connectivity index (χ1) is 11.8. The zero-order valence-electron chi connectivity index (χ0n) is 12.4. The Morgan fingerprint density at radius 2 is 1.96 bits per heavy atom. The minimum absolute atomic E-state index is 0.00401. The summed E-state index contributed by atoms with van der Waals surface area (Å²) in [5.41, 5.74) is 4.78. The second kappa shape index (κ2) is 8.19. The summed E-state index contributed by atoms with van der Waals surface area (Å²) in [6.45, 7) is 0. The minimum Gasteiger partial charge on any atom is -0.424 e. The summed E-state index contributed by atoms with van der Waals surface area (Å²) in [6.07, 6.45) is 0. The molecule has 0 unspecified atom stereocenters. The molecule has 0 aliphatic rings. The van der Waals surface area contributed by atoms with E-state index < -0.39 is 16.8 Å². The molecule has 10 heteroatoms. The first kappa shape index (κ1) is 19.0. The Hall–Kier alpha value is -2.29. The van der Waals surface area contributed by atoms with Crippen molar-refractivity contribution in [3.63, 3.8) is 0 Å². The summed E-state index contributed by atoms with van der Waals surface area (Å²) < 4.78 is 5.09. The first-order valence-electron chi connectivity index (χ1n) is 6.65. The maximum Gasteiger partial charge on any atom is 0.321 e. The van der Waals surface area contributed by atoms with E-state index in [9.17, 15) is 19.7 Å². The van der Waals surface area contributed by atoms with Gasteiger partial charge in [-0.05, 0) is 24.3 Å². The van der Waals surface area contributed by atoms with Crippen molar-refractivity contribution in [3.05, 3.63) is 62.1 Å². The van der Waals surface area contributed by atoms with E-state index in [-0.39, 0.29) is 37.7 Å². The number of nitro groups is 1. The molecule has 2 rings (SSSR count). The van der Waals surface area contributed by atoms with E-state index in [4.69, 9.17) is 33.7 Å². The smallest absolute Gasteiger partial charge is 0.321 e. The number of nitrogens with two attached hydrogens (primary N) is 1. The van der Waals surface area contributed by atoms with E-state index in [0.717, 1.165) is 17.8 Å². The van der Waals surface area contributed by atoms with Crippen molar-refractivity contribution in [2.45, 2.75) is 4.90 Å². The molecular weight excluding hydrogens is 391 g/mol. The van der Waals surface area contributed by atoms with Crippen LogP contribution in [0.5, 0.6) is 5.75 Å². The van der Waals surface area contributed by atoms with Crippen LogP contribution in [0.1, 0.15) is 10.4 Å². The van der Waals surface area contributed by atoms with Gasteiger partial charge in [-0.1, -0.05) is 29.3 Å². The van der Waals surface area contributed by atoms with Crippen LogP contribution in [0, 0.1) is 10.1 Å². The van der Waals surface area contributed by atoms with Crippen molar-refractivity contribution < 1.29 is 19.2 Å². The molecule has 7 nitrogen and oxygen atoms in total. The lowest BCUT2D eigenvalue weighted by Gasteiger charge is -2.07. The Morgan fingerprint density at radius 3 is 2.60 bits per heavy atom. The third-order valence-electron chi connectivity index (χ3n) is 2.93. The van der Waals surface area contributed by atoms with Gasteiger partial charge >= 0.3 is 5.97 Å². The maximum atomic E-state index is 11.9. The van der Waals surface area contributed by atoms with Gasteiger partial charge in [0.25, 0.3) is 5.69 Å². The zero-order valence-corrected chi connectivity index (χ0v) is 14.7. The summed E-state index contributed by atoms with van der Waals surface area (Å²) in [6, 6.07) is 8.33. The molecule has 0 radical (unpaired) electrons. The van der Waals surface area contributed by atoms with E-state index in [2.05, 4.69) is 0 Å². The van der Waals surface area contributed by atoms with Gasteiger partial charge < -0.3 is 10.5 Å². The number of nitrogens with zero attached hydrogens (tertiary/aromatic N) is 1. The lowest BCUT2D eigenvalue weighted by atomic mass is 10.2. The monoisotopic (exact) mass is 400 g/mol. The van der Waals surface area contributed by atoms with Crippen LogP contribution in [0.4, 0.5) is 5.69 Å². The average Bonchev–Trinajstić information content (AvgIpc) is 2.56. The highest BCUT2D eigenvalue weighted by molar-refractivity contribution is 8.00. The molecule has 0 heterocycles. The van der Waals surface area contributed by atoms with Gasteiger partial charge in [0, 0.05) is 11.6 Å². The van der Waals surface area contributed by atoms with Crippen LogP contribution in [-0.4, -0.2) is 22.6 Å². The molecule has 1 amide bonds. The number of esters is 1. The van der Waals surface area contributed by atoms with Gasteiger partial charge in [-0.3, -0.25) is 19.7 Å². The zero-order chi connectivity index (χ0) is 18.6. The number of primary amides is 1. The summed E-state index contributed by atoms with van der Waals surface area (Å²) in [5.74, 6) is -1.56. The Morgan fingerprint density at radius 1 is 1.24 bits per heavy atom. The molecule has 0 fully saturated rings. The quantitative estimate of drug-likeness (QED) is 0.260. The molecule has 25 heavy (non-hydrogen) atoms. The normalized spacial score (nSPS) is 10.3. The third kappa shape index (κ3) is 4.85. The number of nitro benzene ring substituents is 1. The fraction of sp³-hybridized carbons (Fsp3) is 0.0667. The standard InChI is InChI=1S/C15H10Cl2N2O5S/c16-9-2-1-3-11(14(9)17)24-13(20)7-25-12-5-4-8(15(18)21)6-10(12)19(22)23/h1-6H,7H2,(H2,18,21). The molecule has 2 aromatic rings. The Balaban J connectivity index is 2.10. The van der Waals surface area contributed by atoms with Crippen molar-refractivity contribution >= 4 is 52.5 Å². The predicted octanol–water partition coefficient (Wildman–Crippen LogP) is 3.70. The fourth-order valence-electron chi connectivity index (χ4n) is 1.79. The van der Waals surface area contributed by atoms with Crippen LogP contribution in [-0.2, 0) is 4.79 Å². The van der Waals surface area contributed by atoms with Crippen LogP contribution >= 0.6 is 35.0 Å². The maximum absolute atomic E-state index is 11.9. The number of amides is 1. The molecule has 0 bridgehead atoms. The van der Waals surface area contributed by atoms with E-state index in [0.29, 0.717) is 0 Å². The van der Waals surface area contributed by atoms with E-state index in [1.807, 2.05) is 0 Å². The molecular formula is C15H10Cl2N2O5S. The number of hydrogen-bond acceptors (Lipinski definition) is 6. The Bertz CT molecular complexity index is 860. The topological polar surface area (TPSA) is 113 Å². The number of hydrogen-bond donors (Lipinski definition) is 1. The van der Waals surface area contributed by atoms with Crippen molar-refractivity contribution in [1.82, 2.24) is 0 Å². The van der Waals surface area contributed by atoms with Crippen LogP contribution in [0.25, 0.3) is 0 Å². The highest BCUT2D eigenvalue weighted by Gasteiger charge is 2.19. The number of rotatable bonds is 6. The number of halogens is 2. The molecule has 0 saturated heterocycles. The van der Waals surface area contributed by atoms with Gasteiger partial charge in [-0.2, -0.15) is 0 Å². The van der Waals surface area contributed by atoms with Gasteiger partial charge in [0.05, 0.1) is 20.6 Å². The minimum atomic E-state index is -0.783. The summed E-state index contributed by atoms with van der Waals surface area (Å²) in [4.78, 5) is 33.7. The van der Waals surface area contributed by atoms with Gasteiger partial charge in [-0.15, -0.1) is 11.8 Å². The van der Waals surface area contributed by atoms with Crippen molar-refractivity contribution in [2.24, 2.45) is 5.73 Å². The molecule has 2 N–H and O–H groups in total. The number of thioether (sulfide) groups is 1. The first-order valence-corrected chi connectivity index (χ1v) is 8.39. The van der Waals surface area contributed by atoms with Crippen molar-refractivity contribution in [3.8, 4) is 5.75 Å². The number of carbonyl (C=O) groups is 2. The number of benzene rings is 2. The van der Waals surface area contributed by atoms with Gasteiger partial charge in [-0.25, -0.2) is 0 Å². The SMILES string of the molecule is NC(=O)c1ccc(SCC(=O)Oc2cccc(Cl)c2Cl)c([N+](=O)[O-])c1. The Kier molecular flexibility index (Phi) is 6.24. The predicted molar refractivity (Wildman–Crippen MR) is 94.4 cm³/mol. The van der Waals surface area contributed by atoms with Crippen molar-refractivity contribution in [2.75, 3.05) is 5.75 Å². The molecule has 0 aliphatic carbocycles. The summed E-state index contributed by atoms with van der Waals surface area (Å²) in [5, 5.41) is 11.4. The van der Waals surface area contributed by atoms with Gasteiger partial charge in [0.2, 0.25) is 5.91 Å². The lowest BCUT2D eigenvalue weighted by molar-refractivity contribution is -0.387. The van der Waals surface area contributed by atoms with Crippen LogP contribution in [0.3, 0.4) is 0 Å². The molecule has 2 aromatic carbocycles. The molecule has 0 atom stereocenters. The molecule has 0 saturated carbocycles.